The fourth-order valence-electron chi connectivity index (χ4n) is 4.51. The first kappa shape index (κ1) is 23.2. The van der Waals surface area contributed by atoms with Crippen molar-refractivity contribution in [2.24, 2.45) is 0 Å². The average molecular weight is 522 g/mol. The number of thiocarbonyl (C=S) groups is 1. The van der Waals surface area contributed by atoms with E-state index in [1.54, 1.807) is 6.07 Å². The van der Waals surface area contributed by atoms with Gasteiger partial charge >= 0.3 is 0 Å². The van der Waals surface area contributed by atoms with Crippen LogP contribution in [-0.2, 0) is 12.8 Å². The molecule has 32 heavy (non-hydrogen) atoms. The molecule has 172 valence electrons. The number of fused-ring (bicyclic) bond motifs is 1. The summed E-state index contributed by atoms with van der Waals surface area (Å²) >= 11 is 8.86. The summed E-state index contributed by atoms with van der Waals surface area (Å²) in [6.07, 6.45) is 8.55. The van der Waals surface area contributed by atoms with Crippen LogP contribution in [0.25, 0.3) is 0 Å². The normalized spacial score (nSPS) is 20.2. The van der Waals surface area contributed by atoms with E-state index in [0.717, 1.165) is 54.8 Å². The third-order valence-electron chi connectivity index (χ3n) is 6.16. The third-order valence-corrected chi connectivity index (χ3v) is 7.07. The first-order valence-corrected chi connectivity index (χ1v) is 12.5. The van der Waals surface area contributed by atoms with Gasteiger partial charge in [0.1, 0.15) is 11.6 Å². The van der Waals surface area contributed by atoms with Gasteiger partial charge in [-0.3, -0.25) is 0 Å². The molecule has 0 atom stereocenters. The second-order valence-electron chi connectivity index (χ2n) is 8.81. The number of hydrogen-bond acceptors (Lipinski definition) is 5. The summed E-state index contributed by atoms with van der Waals surface area (Å²) in [5.41, 5.74) is 3.14. The van der Waals surface area contributed by atoms with Gasteiger partial charge in [0, 0.05) is 36.2 Å². The summed E-state index contributed by atoms with van der Waals surface area (Å²) in [4.78, 5) is 11.8. The quantitative estimate of drug-likeness (QED) is 0.477. The summed E-state index contributed by atoms with van der Waals surface area (Å²) in [5.74, 6) is 1.50. The van der Waals surface area contributed by atoms with Gasteiger partial charge in [-0.25, -0.2) is 9.37 Å². The van der Waals surface area contributed by atoms with Crippen molar-refractivity contribution in [2.75, 3.05) is 29.6 Å². The number of hydrogen-bond donors (Lipinski definition) is 3. The zero-order chi connectivity index (χ0) is 22.7. The van der Waals surface area contributed by atoms with Gasteiger partial charge in [0.15, 0.2) is 5.11 Å². The van der Waals surface area contributed by atoms with Crippen molar-refractivity contribution in [1.29, 1.82) is 0 Å². The summed E-state index contributed by atoms with van der Waals surface area (Å²) in [7, 11) is 4.11. The van der Waals surface area contributed by atoms with Crippen molar-refractivity contribution < 1.29 is 4.39 Å². The minimum absolute atomic E-state index is 0.294. The van der Waals surface area contributed by atoms with Crippen molar-refractivity contribution >= 4 is 50.7 Å². The molecule has 0 aliphatic heterocycles. The van der Waals surface area contributed by atoms with Gasteiger partial charge in [0.05, 0.1) is 11.4 Å². The fourth-order valence-corrected chi connectivity index (χ4v) is 5.13. The van der Waals surface area contributed by atoms with Crippen molar-refractivity contribution in [3.63, 3.8) is 0 Å². The van der Waals surface area contributed by atoms with Gasteiger partial charge in [-0.15, -0.1) is 0 Å². The number of anilines is 3. The molecule has 1 fully saturated rings. The number of halogens is 2. The van der Waals surface area contributed by atoms with Gasteiger partial charge in [-0.05, 0) is 97.7 Å². The van der Waals surface area contributed by atoms with Crippen LogP contribution in [0.5, 0.6) is 0 Å². The van der Waals surface area contributed by atoms with E-state index < -0.39 is 0 Å². The Morgan fingerprint density at radius 3 is 2.56 bits per heavy atom. The Balaban J connectivity index is 1.31. The van der Waals surface area contributed by atoms with Crippen LogP contribution in [-0.4, -0.2) is 41.3 Å². The molecule has 2 aliphatic carbocycles. The number of benzene rings is 1. The number of aryl methyl sites for hydroxylation is 1. The summed E-state index contributed by atoms with van der Waals surface area (Å²) in [6.45, 7) is 0. The molecule has 9 heteroatoms. The largest absolute Gasteiger partial charge is 0.362 e. The Morgan fingerprint density at radius 1 is 1.09 bits per heavy atom. The highest BCUT2D eigenvalue weighted by Crippen LogP contribution is 2.29. The molecule has 3 N–H and O–H groups in total. The van der Waals surface area contributed by atoms with Crippen LogP contribution < -0.4 is 20.9 Å². The average Bonchev–Trinajstić information content (AvgIpc) is 2.77. The van der Waals surface area contributed by atoms with Crippen LogP contribution in [0.4, 0.5) is 21.8 Å². The highest BCUT2D eigenvalue weighted by Gasteiger charge is 2.24. The Morgan fingerprint density at radius 2 is 1.81 bits per heavy atom. The van der Waals surface area contributed by atoms with E-state index in [1.807, 2.05) is 0 Å². The molecule has 2 aromatic rings. The molecule has 4 rings (SSSR count). The second kappa shape index (κ2) is 10.3. The van der Waals surface area contributed by atoms with E-state index in [1.165, 1.54) is 36.2 Å². The van der Waals surface area contributed by atoms with Crippen molar-refractivity contribution in [3.8, 4) is 0 Å². The summed E-state index contributed by atoms with van der Waals surface area (Å²) < 4.78 is 14.3. The maximum Gasteiger partial charge on any atom is 0.225 e. The second-order valence-corrected chi connectivity index (χ2v) is 10.1. The Bertz CT molecular complexity index is 977. The lowest BCUT2D eigenvalue weighted by Gasteiger charge is -2.31. The van der Waals surface area contributed by atoms with Gasteiger partial charge in [-0.2, -0.15) is 4.98 Å². The van der Waals surface area contributed by atoms with Crippen molar-refractivity contribution in [1.82, 2.24) is 15.3 Å². The molecule has 0 amide bonds. The molecule has 1 heterocycles. The topological polar surface area (TPSA) is 65.1 Å². The van der Waals surface area contributed by atoms with E-state index in [2.05, 4.69) is 50.9 Å². The summed E-state index contributed by atoms with van der Waals surface area (Å²) in [6, 6.07) is 5.15. The number of aromatic nitrogens is 2. The van der Waals surface area contributed by atoms with Crippen LogP contribution in [0.3, 0.4) is 0 Å². The van der Waals surface area contributed by atoms with E-state index in [9.17, 15) is 4.39 Å². The van der Waals surface area contributed by atoms with Gasteiger partial charge in [0.25, 0.3) is 0 Å². The maximum atomic E-state index is 13.5. The van der Waals surface area contributed by atoms with Crippen molar-refractivity contribution in [2.45, 2.75) is 63.5 Å². The number of rotatable bonds is 5. The summed E-state index contributed by atoms with van der Waals surface area (Å²) in [5, 5.41) is 10.6. The lowest BCUT2D eigenvalue weighted by atomic mass is 9.91. The van der Waals surface area contributed by atoms with Gasteiger partial charge in [-0.1, -0.05) is 0 Å². The first-order valence-electron chi connectivity index (χ1n) is 11.3. The predicted octanol–water partition coefficient (Wildman–Crippen LogP) is 5.03. The Hall–Kier alpha value is -2.00. The van der Waals surface area contributed by atoms with Gasteiger partial charge < -0.3 is 20.9 Å². The number of nitrogens with zero attached hydrogens (tertiary/aromatic N) is 3. The smallest absolute Gasteiger partial charge is 0.225 e. The van der Waals surface area contributed by atoms with E-state index in [0.29, 0.717) is 22.9 Å². The van der Waals surface area contributed by atoms with Gasteiger partial charge in [0.2, 0.25) is 5.95 Å². The lowest BCUT2D eigenvalue weighted by molar-refractivity contribution is 0.387. The highest BCUT2D eigenvalue weighted by atomic mass is 79.9. The third kappa shape index (κ3) is 5.67. The van der Waals surface area contributed by atoms with Crippen LogP contribution in [0.2, 0.25) is 0 Å². The molecule has 2 aliphatic rings. The molecule has 0 radical (unpaired) electrons. The molecular formula is C23H30BrFN6S. The van der Waals surface area contributed by atoms with E-state index >= 15 is 0 Å². The Kier molecular flexibility index (Phi) is 7.45. The minimum atomic E-state index is -0.299. The Labute approximate surface area is 202 Å². The molecule has 0 spiro atoms. The monoisotopic (exact) mass is 520 g/mol. The van der Waals surface area contributed by atoms with Crippen LogP contribution in [0.1, 0.15) is 49.8 Å². The molecule has 1 aromatic carbocycles. The molecule has 1 aromatic heterocycles. The first-order chi connectivity index (χ1) is 15.4. The maximum absolute atomic E-state index is 13.5. The van der Waals surface area contributed by atoms with E-state index in [4.69, 9.17) is 22.2 Å². The molecule has 0 bridgehead atoms. The zero-order valence-electron chi connectivity index (χ0n) is 18.5. The molecule has 0 saturated heterocycles. The van der Waals surface area contributed by atoms with Crippen LogP contribution >= 0.6 is 28.1 Å². The predicted molar refractivity (Wildman–Crippen MR) is 136 cm³/mol. The van der Waals surface area contributed by atoms with Crippen LogP contribution in [0.15, 0.2) is 22.7 Å². The SMILES string of the molecule is CN(C)c1nc(NC2CCC(NC(=S)Nc3cc(F)ccc3Br)CC2)nc2c1CCCC2. The van der Waals surface area contributed by atoms with Crippen molar-refractivity contribution in [3.05, 3.63) is 39.7 Å². The minimum Gasteiger partial charge on any atom is -0.362 e. The van der Waals surface area contributed by atoms with Crippen LogP contribution in [0, 0.1) is 5.82 Å². The fraction of sp³-hybridized carbons (Fsp3) is 0.522. The lowest BCUT2D eigenvalue weighted by Crippen LogP contribution is -2.42. The molecule has 0 unspecified atom stereocenters. The van der Waals surface area contributed by atoms with E-state index in [-0.39, 0.29) is 5.82 Å². The molecule has 1 saturated carbocycles. The molecule has 6 nitrogen and oxygen atoms in total. The highest BCUT2D eigenvalue weighted by molar-refractivity contribution is 9.10. The standard InChI is InChI=1S/C23H30BrFN6S/c1-31(2)21-17-5-3-4-6-19(17)28-22(30-21)26-15-8-10-16(11-9-15)27-23(32)29-20-13-14(25)7-12-18(20)24/h7,12-13,15-16H,3-6,8-11H2,1-2H3,(H,26,28,30)(H2,27,29,32). The zero-order valence-corrected chi connectivity index (χ0v) is 21.0. The molecular weight excluding hydrogens is 491 g/mol. The number of nitrogens with one attached hydrogen (secondary N) is 3.